The van der Waals surface area contributed by atoms with Crippen LogP contribution in [0, 0.1) is 0 Å². The molecule has 4 rings (SSSR count). The van der Waals surface area contributed by atoms with E-state index in [-0.39, 0.29) is 0 Å². The number of ether oxygens (including phenoxy) is 1. The van der Waals surface area contributed by atoms with Crippen molar-refractivity contribution in [3.63, 3.8) is 0 Å². The van der Waals surface area contributed by atoms with Gasteiger partial charge in [0.1, 0.15) is 5.75 Å². The standard InChI is InChI=1S/C22H32N2O3S/c1-23(17-20-10-5-13-24(20)16-18-7-3-2-4-8-18)28(25,26)21-11-12-22-19(15-21)9-6-14-27-22/h7,11-12,15,20H,2-6,8-10,13-14,16-17H2,1H3. The van der Waals surface area contributed by atoms with Crippen LogP contribution in [-0.2, 0) is 16.4 Å². The maximum Gasteiger partial charge on any atom is 0.242 e. The van der Waals surface area contributed by atoms with Crippen LogP contribution in [0.3, 0.4) is 0 Å². The monoisotopic (exact) mass is 404 g/mol. The lowest BCUT2D eigenvalue weighted by molar-refractivity contribution is 0.240. The quantitative estimate of drug-likeness (QED) is 0.680. The van der Waals surface area contributed by atoms with Gasteiger partial charge in [-0.1, -0.05) is 11.6 Å². The van der Waals surface area contributed by atoms with Crippen LogP contribution >= 0.6 is 0 Å². The van der Waals surface area contributed by atoms with E-state index in [4.69, 9.17) is 4.74 Å². The minimum Gasteiger partial charge on any atom is -0.493 e. The highest BCUT2D eigenvalue weighted by Crippen LogP contribution is 2.29. The first-order valence-electron chi connectivity index (χ1n) is 10.7. The van der Waals surface area contributed by atoms with Crippen molar-refractivity contribution in [2.75, 3.05) is 33.3 Å². The van der Waals surface area contributed by atoms with Crippen molar-refractivity contribution in [2.24, 2.45) is 0 Å². The molecule has 1 fully saturated rings. The van der Waals surface area contributed by atoms with Crippen molar-refractivity contribution in [3.8, 4) is 5.75 Å². The Bertz CT molecular complexity index is 834. The third kappa shape index (κ3) is 4.29. The largest absolute Gasteiger partial charge is 0.493 e. The molecule has 0 radical (unpaired) electrons. The molecule has 0 amide bonds. The molecular formula is C22H32N2O3S. The summed E-state index contributed by atoms with van der Waals surface area (Å²) < 4.78 is 33.5. The molecule has 2 heterocycles. The Hall–Kier alpha value is -1.37. The fourth-order valence-corrected chi connectivity index (χ4v) is 5.95. The highest BCUT2D eigenvalue weighted by atomic mass is 32.2. The van der Waals surface area contributed by atoms with Crippen LogP contribution < -0.4 is 4.74 Å². The summed E-state index contributed by atoms with van der Waals surface area (Å²) in [6.07, 6.45) is 11.5. The maximum absolute atomic E-state index is 13.2. The molecule has 154 valence electrons. The predicted molar refractivity (Wildman–Crippen MR) is 111 cm³/mol. The van der Waals surface area contributed by atoms with Gasteiger partial charge in [0.05, 0.1) is 11.5 Å². The van der Waals surface area contributed by atoms with Crippen LogP contribution in [-0.4, -0.2) is 57.0 Å². The van der Waals surface area contributed by atoms with Gasteiger partial charge in [0.15, 0.2) is 0 Å². The Balaban J connectivity index is 1.44. The van der Waals surface area contributed by atoms with Crippen LogP contribution in [0.5, 0.6) is 5.75 Å². The summed E-state index contributed by atoms with van der Waals surface area (Å²) in [5.41, 5.74) is 2.55. The van der Waals surface area contributed by atoms with E-state index in [2.05, 4.69) is 11.0 Å². The second kappa shape index (κ2) is 8.56. The molecule has 1 saturated heterocycles. The first-order chi connectivity index (χ1) is 13.5. The smallest absolute Gasteiger partial charge is 0.242 e. The third-order valence-electron chi connectivity index (χ3n) is 6.35. The summed E-state index contributed by atoms with van der Waals surface area (Å²) >= 11 is 0. The van der Waals surface area contributed by atoms with E-state index < -0.39 is 10.0 Å². The fraction of sp³-hybridized carbons (Fsp3) is 0.636. The van der Waals surface area contributed by atoms with Gasteiger partial charge in [-0.15, -0.1) is 0 Å². The Morgan fingerprint density at radius 2 is 2.07 bits per heavy atom. The van der Waals surface area contributed by atoms with Crippen LogP contribution in [0.1, 0.15) is 50.5 Å². The molecule has 0 N–H and O–H groups in total. The van der Waals surface area contributed by atoms with Crippen molar-refractivity contribution in [3.05, 3.63) is 35.4 Å². The summed E-state index contributed by atoms with van der Waals surface area (Å²) in [6, 6.07) is 5.62. The summed E-state index contributed by atoms with van der Waals surface area (Å²) in [5, 5.41) is 0. The van der Waals surface area contributed by atoms with Crippen molar-refractivity contribution < 1.29 is 13.2 Å². The zero-order chi connectivity index (χ0) is 19.6. The number of rotatable bonds is 6. The Morgan fingerprint density at radius 1 is 1.18 bits per heavy atom. The van der Waals surface area contributed by atoms with E-state index in [0.717, 1.165) is 50.1 Å². The van der Waals surface area contributed by atoms with Crippen LogP contribution in [0.2, 0.25) is 0 Å². The number of hydrogen-bond donors (Lipinski definition) is 0. The SMILES string of the molecule is CN(CC1CCCN1CC1=CCCCC1)S(=O)(=O)c1ccc2c(c1)CCCO2. The normalized spacial score (nSPS) is 23.4. The summed E-state index contributed by atoms with van der Waals surface area (Å²) in [4.78, 5) is 2.88. The molecule has 3 aliphatic rings. The van der Waals surface area contributed by atoms with Gasteiger partial charge >= 0.3 is 0 Å². The number of aryl methyl sites for hydroxylation is 1. The Kier molecular flexibility index (Phi) is 6.09. The molecular weight excluding hydrogens is 372 g/mol. The number of fused-ring (bicyclic) bond motifs is 1. The molecule has 2 aliphatic heterocycles. The zero-order valence-electron chi connectivity index (χ0n) is 16.9. The van der Waals surface area contributed by atoms with Gasteiger partial charge in [-0.05, 0) is 81.7 Å². The number of likely N-dealkylation sites (N-methyl/N-ethyl adjacent to an activating group) is 1. The van der Waals surface area contributed by atoms with Crippen LogP contribution in [0.4, 0.5) is 0 Å². The molecule has 1 aromatic rings. The van der Waals surface area contributed by atoms with E-state index >= 15 is 0 Å². The van der Waals surface area contributed by atoms with Crippen molar-refractivity contribution in [2.45, 2.75) is 62.3 Å². The molecule has 28 heavy (non-hydrogen) atoms. The van der Waals surface area contributed by atoms with E-state index in [0.29, 0.717) is 24.1 Å². The van der Waals surface area contributed by atoms with E-state index in [1.165, 1.54) is 25.7 Å². The number of allylic oxidation sites excluding steroid dienone is 1. The zero-order valence-corrected chi connectivity index (χ0v) is 17.7. The lowest BCUT2D eigenvalue weighted by Crippen LogP contribution is -2.42. The van der Waals surface area contributed by atoms with E-state index in [1.807, 2.05) is 6.07 Å². The molecule has 0 spiro atoms. The Morgan fingerprint density at radius 3 is 2.89 bits per heavy atom. The number of hydrogen-bond acceptors (Lipinski definition) is 4. The molecule has 1 aromatic carbocycles. The lowest BCUT2D eigenvalue weighted by atomic mass is 9.99. The predicted octanol–water partition coefficient (Wildman–Crippen LogP) is 3.60. The molecule has 6 heteroatoms. The topological polar surface area (TPSA) is 49.9 Å². The van der Waals surface area contributed by atoms with Crippen molar-refractivity contribution in [1.29, 1.82) is 0 Å². The summed E-state index contributed by atoms with van der Waals surface area (Å²) in [7, 11) is -1.76. The minimum absolute atomic E-state index is 0.309. The molecule has 0 aromatic heterocycles. The average Bonchev–Trinajstić information content (AvgIpc) is 3.14. The lowest BCUT2D eigenvalue weighted by Gasteiger charge is -2.30. The van der Waals surface area contributed by atoms with Gasteiger partial charge in [-0.3, -0.25) is 4.90 Å². The fourth-order valence-electron chi connectivity index (χ4n) is 4.69. The summed E-state index contributed by atoms with van der Waals surface area (Å²) in [5.74, 6) is 0.829. The van der Waals surface area contributed by atoms with Crippen molar-refractivity contribution in [1.82, 2.24) is 9.21 Å². The molecule has 5 nitrogen and oxygen atoms in total. The molecule has 1 atom stereocenters. The van der Waals surface area contributed by atoms with Gasteiger partial charge in [0.25, 0.3) is 0 Å². The first-order valence-corrected chi connectivity index (χ1v) is 12.1. The van der Waals surface area contributed by atoms with Crippen LogP contribution in [0.25, 0.3) is 0 Å². The summed E-state index contributed by atoms with van der Waals surface area (Å²) in [6.45, 7) is 3.36. The third-order valence-corrected chi connectivity index (χ3v) is 8.17. The van der Waals surface area contributed by atoms with Crippen molar-refractivity contribution >= 4 is 10.0 Å². The molecule has 0 saturated carbocycles. The molecule has 1 aliphatic carbocycles. The first kappa shape index (κ1) is 19.9. The van der Waals surface area contributed by atoms with Gasteiger partial charge in [0.2, 0.25) is 10.0 Å². The highest BCUT2D eigenvalue weighted by Gasteiger charge is 2.31. The van der Waals surface area contributed by atoms with Gasteiger partial charge < -0.3 is 4.74 Å². The number of benzene rings is 1. The second-order valence-corrected chi connectivity index (χ2v) is 10.4. The number of sulfonamides is 1. The van der Waals surface area contributed by atoms with Gasteiger partial charge in [0, 0.05) is 26.2 Å². The maximum atomic E-state index is 13.2. The van der Waals surface area contributed by atoms with Gasteiger partial charge in [-0.2, -0.15) is 4.31 Å². The molecule has 1 unspecified atom stereocenters. The average molecular weight is 405 g/mol. The molecule has 0 bridgehead atoms. The second-order valence-electron chi connectivity index (χ2n) is 8.38. The van der Waals surface area contributed by atoms with Gasteiger partial charge in [-0.25, -0.2) is 8.42 Å². The number of nitrogens with zero attached hydrogens (tertiary/aromatic N) is 2. The highest BCUT2D eigenvalue weighted by molar-refractivity contribution is 7.89. The number of likely N-dealkylation sites (tertiary alicyclic amines) is 1. The van der Waals surface area contributed by atoms with E-state index in [9.17, 15) is 8.42 Å². The minimum atomic E-state index is -3.48. The Labute approximate surface area is 169 Å². The van der Waals surface area contributed by atoms with E-state index in [1.54, 1.807) is 29.1 Å². The van der Waals surface area contributed by atoms with Crippen LogP contribution in [0.15, 0.2) is 34.7 Å².